The molecule has 98 valence electrons. The van der Waals surface area contributed by atoms with Crippen molar-refractivity contribution < 1.29 is 9.53 Å². The van der Waals surface area contributed by atoms with E-state index in [2.05, 4.69) is 15.3 Å². The Labute approximate surface area is 104 Å². The van der Waals surface area contributed by atoms with Gasteiger partial charge in [0.25, 0.3) is 5.56 Å². The molecule has 1 aliphatic rings. The summed E-state index contributed by atoms with van der Waals surface area (Å²) in [6.45, 7) is 2.86. The summed E-state index contributed by atoms with van der Waals surface area (Å²) in [7, 11) is 1.44. The molecule has 0 radical (unpaired) electrons. The quantitative estimate of drug-likeness (QED) is 0.756. The molecule has 1 saturated heterocycles. The summed E-state index contributed by atoms with van der Waals surface area (Å²) in [6.07, 6.45) is 2.18. The fourth-order valence-corrected chi connectivity index (χ4v) is 2.14. The van der Waals surface area contributed by atoms with Crippen LogP contribution in [0.25, 0.3) is 0 Å². The number of nitrogens with zero attached hydrogens (tertiary/aromatic N) is 2. The van der Waals surface area contributed by atoms with Gasteiger partial charge in [-0.2, -0.15) is 0 Å². The van der Waals surface area contributed by atoms with E-state index in [-0.39, 0.29) is 23.3 Å². The standard InChI is InChI=1S/C11H16N4O3/c1-7(16)14-8-3-4-15(5-8)10-9(18-2)11(17)13-6-12-10/h6,8H,3-5H2,1-2H3,(H,14,16)(H,12,13,17). The third-order valence-corrected chi connectivity index (χ3v) is 2.89. The van der Waals surface area contributed by atoms with Crippen molar-refractivity contribution in [2.75, 3.05) is 25.1 Å². The van der Waals surface area contributed by atoms with Gasteiger partial charge in [-0.05, 0) is 6.42 Å². The van der Waals surface area contributed by atoms with Crippen molar-refractivity contribution in [2.45, 2.75) is 19.4 Å². The number of amides is 1. The van der Waals surface area contributed by atoms with Gasteiger partial charge in [-0.3, -0.25) is 9.59 Å². The molecule has 7 nitrogen and oxygen atoms in total. The highest BCUT2D eigenvalue weighted by atomic mass is 16.5. The molecule has 2 heterocycles. The predicted molar refractivity (Wildman–Crippen MR) is 65.8 cm³/mol. The Morgan fingerprint density at radius 3 is 3.11 bits per heavy atom. The zero-order chi connectivity index (χ0) is 13.1. The van der Waals surface area contributed by atoms with Gasteiger partial charge in [0.05, 0.1) is 13.4 Å². The number of H-pyrrole nitrogens is 1. The van der Waals surface area contributed by atoms with Gasteiger partial charge >= 0.3 is 0 Å². The largest absolute Gasteiger partial charge is 0.489 e. The molecule has 1 aliphatic heterocycles. The molecule has 7 heteroatoms. The van der Waals surface area contributed by atoms with E-state index in [1.807, 2.05) is 4.90 Å². The molecule has 0 bridgehead atoms. The summed E-state index contributed by atoms with van der Waals surface area (Å²) in [4.78, 5) is 31.1. The highest BCUT2D eigenvalue weighted by molar-refractivity contribution is 5.73. The van der Waals surface area contributed by atoms with Crippen molar-refractivity contribution in [3.05, 3.63) is 16.7 Å². The molecule has 2 N–H and O–H groups in total. The van der Waals surface area contributed by atoms with Crippen LogP contribution in [0.1, 0.15) is 13.3 Å². The van der Waals surface area contributed by atoms with E-state index in [9.17, 15) is 9.59 Å². The average molecular weight is 252 g/mol. The summed E-state index contributed by atoms with van der Waals surface area (Å²) in [5.74, 6) is 0.683. The molecule has 0 saturated carbocycles. The van der Waals surface area contributed by atoms with Gasteiger partial charge in [-0.1, -0.05) is 0 Å². The van der Waals surface area contributed by atoms with Gasteiger partial charge in [0, 0.05) is 26.1 Å². The lowest BCUT2D eigenvalue weighted by molar-refractivity contribution is -0.119. The number of anilines is 1. The number of methoxy groups -OCH3 is 1. The smallest absolute Gasteiger partial charge is 0.295 e. The van der Waals surface area contributed by atoms with Gasteiger partial charge < -0.3 is 19.9 Å². The van der Waals surface area contributed by atoms with Crippen LogP contribution in [-0.2, 0) is 4.79 Å². The molecular weight excluding hydrogens is 236 g/mol. The van der Waals surface area contributed by atoms with Crippen molar-refractivity contribution >= 4 is 11.7 Å². The second-order valence-electron chi connectivity index (χ2n) is 4.22. The van der Waals surface area contributed by atoms with Gasteiger partial charge in [0.2, 0.25) is 11.7 Å². The van der Waals surface area contributed by atoms with Crippen LogP contribution in [0.2, 0.25) is 0 Å². The Morgan fingerprint density at radius 2 is 2.44 bits per heavy atom. The third kappa shape index (κ3) is 2.44. The first-order chi connectivity index (χ1) is 8.61. The minimum Gasteiger partial charge on any atom is -0.489 e. The first-order valence-corrected chi connectivity index (χ1v) is 5.75. The summed E-state index contributed by atoms with van der Waals surface area (Å²) >= 11 is 0. The number of carbonyl (C=O) groups excluding carboxylic acids is 1. The van der Waals surface area contributed by atoms with Crippen LogP contribution in [0.3, 0.4) is 0 Å². The van der Waals surface area contributed by atoms with E-state index in [0.717, 1.165) is 13.0 Å². The van der Waals surface area contributed by atoms with E-state index < -0.39 is 0 Å². The maximum atomic E-state index is 11.6. The molecule has 18 heavy (non-hydrogen) atoms. The van der Waals surface area contributed by atoms with Crippen molar-refractivity contribution in [3.8, 4) is 5.75 Å². The van der Waals surface area contributed by atoms with E-state index in [4.69, 9.17) is 4.74 Å². The Morgan fingerprint density at radius 1 is 1.67 bits per heavy atom. The van der Waals surface area contributed by atoms with Gasteiger partial charge in [-0.15, -0.1) is 0 Å². The SMILES string of the molecule is COc1c(N2CCC(NC(C)=O)C2)nc[nH]c1=O. The van der Waals surface area contributed by atoms with Crippen LogP contribution in [0.15, 0.2) is 11.1 Å². The number of aromatic nitrogens is 2. The fraction of sp³-hybridized carbons (Fsp3) is 0.545. The molecular formula is C11H16N4O3. The van der Waals surface area contributed by atoms with Crippen LogP contribution in [0.5, 0.6) is 5.75 Å². The van der Waals surface area contributed by atoms with Crippen LogP contribution in [0, 0.1) is 0 Å². The second kappa shape index (κ2) is 5.07. The summed E-state index contributed by atoms with van der Waals surface area (Å²) < 4.78 is 5.07. The summed E-state index contributed by atoms with van der Waals surface area (Å²) in [5.41, 5.74) is -0.300. The summed E-state index contributed by atoms with van der Waals surface area (Å²) in [5, 5.41) is 2.86. The van der Waals surface area contributed by atoms with Gasteiger partial charge in [0.15, 0.2) is 5.82 Å². The van der Waals surface area contributed by atoms with Crippen molar-refractivity contribution in [1.29, 1.82) is 0 Å². The molecule has 1 atom stereocenters. The lowest BCUT2D eigenvalue weighted by Gasteiger charge is -2.19. The maximum absolute atomic E-state index is 11.6. The van der Waals surface area contributed by atoms with E-state index in [1.165, 1.54) is 20.4 Å². The average Bonchev–Trinajstić information content (AvgIpc) is 2.76. The molecule has 0 aromatic carbocycles. The summed E-state index contributed by atoms with van der Waals surface area (Å²) in [6, 6.07) is 0.0910. The number of aromatic amines is 1. The minimum atomic E-state index is -0.300. The van der Waals surface area contributed by atoms with Crippen LogP contribution in [-0.4, -0.2) is 42.1 Å². The van der Waals surface area contributed by atoms with E-state index in [1.54, 1.807) is 0 Å². The number of ether oxygens (including phenoxy) is 1. The first-order valence-electron chi connectivity index (χ1n) is 5.75. The van der Waals surface area contributed by atoms with Crippen LogP contribution >= 0.6 is 0 Å². The molecule has 1 fully saturated rings. The predicted octanol–water partition coefficient (Wildman–Crippen LogP) is -0.507. The Kier molecular flexibility index (Phi) is 3.50. The van der Waals surface area contributed by atoms with Crippen LogP contribution < -0.4 is 20.5 Å². The van der Waals surface area contributed by atoms with Crippen molar-refractivity contribution in [3.63, 3.8) is 0 Å². The van der Waals surface area contributed by atoms with Crippen molar-refractivity contribution in [2.24, 2.45) is 0 Å². The minimum absolute atomic E-state index is 0.0484. The Hall–Kier alpha value is -2.05. The van der Waals surface area contributed by atoms with Gasteiger partial charge in [0.1, 0.15) is 0 Å². The zero-order valence-corrected chi connectivity index (χ0v) is 10.4. The van der Waals surface area contributed by atoms with Crippen molar-refractivity contribution in [1.82, 2.24) is 15.3 Å². The topological polar surface area (TPSA) is 87.3 Å². The Balaban J connectivity index is 2.17. The fourth-order valence-electron chi connectivity index (χ4n) is 2.14. The molecule has 1 aromatic heterocycles. The zero-order valence-electron chi connectivity index (χ0n) is 10.4. The normalized spacial score (nSPS) is 18.8. The molecule has 1 amide bonds. The second-order valence-corrected chi connectivity index (χ2v) is 4.22. The number of hydrogen-bond acceptors (Lipinski definition) is 5. The van der Waals surface area contributed by atoms with E-state index in [0.29, 0.717) is 12.4 Å². The molecule has 1 unspecified atom stereocenters. The molecule has 0 spiro atoms. The monoisotopic (exact) mass is 252 g/mol. The first kappa shape index (κ1) is 12.4. The van der Waals surface area contributed by atoms with Gasteiger partial charge in [-0.25, -0.2) is 4.98 Å². The molecule has 0 aliphatic carbocycles. The van der Waals surface area contributed by atoms with E-state index >= 15 is 0 Å². The third-order valence-electron chi connectivity index (χ3n) is 2.89. The Bertz CT molecular complexity index is 499. The lowest BCUT2D eigenvalue weighted by atomic mass is 10.3. The van der Waals surface area contributed by atoms with Crippen LogP contribution in [0.4, 0.5) is 5.82 Å². The number of rotatable bonds is 3. The highest BCUT2D eigenvalue weighted by Crippen LogP contribution is 2.24. The number of hydrogen-bond donors (Lipinski definition) is 2. The number of carbonyl (C=O) groups is 1. The highest BCUT2D eigenvalue weighted by Gasteiger charge is 2.26. The molecule has 1 aromatic rings. The molecule has 2 rings (SSSR count). The lowest BCUT2D eigenvalue weighted by Crippen LogP contribution is -2.36. The number of nitrogens with one attached hydrogen (secondary N) is 2. The maximum Gasteiger partial charge on any atom is 0.295 e.